The highest BCUT2D eigenvalue weighted by Crippen LogP contribution is 2.08. The predicted octanol–water partition coefficient (Wildman–Crippen LogP) is 0.949. The van der Waals surface area contributed by atoms with Crippen LogP contribution in [0.1, 0.15) is 5.56 Å². The van der Waals surface area contributed by atoms with Gasteiger partial charge >= 0.3 is 0 Å². The largest absolute Gasteiger partial charge is 0.388 e. The average molecular weight is 235 g/mol. The molecule has 1 amide bonds. The van der Waals surface area contributed by atoms with Gasteiger partial charge in [0.2, 0.25) is 5.91 Å². The van der Waals surface area contributed by atoms with Crippen LogP contribution >= 0.6 is 0 Å². The number of anilines is 1. The van der Waals surface area contributed by atoms with Crippen LogP contribution in [-0.2, 0) is 11.2 Å². The number of benzene rings is 1. The highest BCUT2D eigenvalue weighted by atomic mass is 16.1. The molecule has 4 heteroatoms. The number of rotatable bonds is 6. The highest BCUT2D eigenvalue weighted by molar-refractivity contribution is 5.78. The van der Waals surface area contributed by atoms with E-state index in [0.29, 0.717) is 13.0 Å². The van der Waals surface area contributed by atoms with E-state index in [-0.39, 0.29) is 5.91 Å². The zero-order chi connectivity index (χ0) is 12.7. The Bertz CT molecular complexity index is 346. The minimum Gasteiger partial charge on any atom is -0.388 e. The average Bonchev–Trinajstić information content (AvgIpc) is 2.29. The second kappa shape index (κ2) is 6.91. The number of amides is 1. The molecule has 0 unspecified atom stereocenters. The first-order valence-electron chi connectivity index (χ1n) is 5.80. The molecule has 2 N–H and O–H groups in total. The smallest absolute Gasteiger partial charge is 0.224 e. The molecule has 0 atom stereocenters. The van der Waals surface area contributed by atoms with Gasteiger partial charge < -0.3 is 15.5 Å². The Labute approximate surface area is 103 Å². The van der Waals surface area contributed by atoms with E-state index in [1.807, 2.05) is 50.3 Å². The minimum absolute atomic E-state index is 0.0732. The van der Waals surface area contributed by atoms with Crippen molar-refractivity contribution in [3.63, 3.8) is 0 Å². The molecule has 94 valence electrons. The molecule has 17 heavy (non-hydrogen) atoms. The molecule has 0 heterocycles. The molecule has 0 aromatic heterocycles. The minimum atomic E-state index is 0.0732. The van der Waals surface area contributed by atoms with E-state index in [1.54, 1.807) is 0 Å². The summed E-state index contributed by atoms with van der Waals surface area (Å²) in [7, 11) is 5.86. The number of hydrogen-bond donors (Lipinski definition) is 2. The van der Waals surface area contributed by atoms with Crippen molar-refractivity contribution >= 4 is 11.6 Å². The highest BCUT2D eigenvalue weighted by Gasteiger charge is 2.02. The zero-order valence-corrected chi connectivity index (χ0v) is 10.8. The van der Waals surface area contributed by atoms with Crippen LogP contribution in [0.4, 0.5) is 5.69 Å². The molecular weight excluding hydrogens is 214 g/mol. The SMILES string of the molecule is CNc1ccc(CC(=O)NCCN(C)C)cc1. The van der Waals surface area contributed by atoms with E-state index in [2.05, 4.69) is 10.6 Å². The van der Waals surface area contributed by atoms with E-state index in [4.69, 9.17) is 0 Å². The molecule has 0 saturated carbocycles. The first kappa shape index (κ1) is 13.5. The number of carbonyl (C=O) groups is 1. The molecule has 0 spiro atoms. The molecule has 0 fully saturated rings. The van der Waals surface area contributed by atoms with Gasteiger partial charge in [-0.2, -0.15) is 0 Å². The molecule has 1 aromatic carbocycles. The number of nitrogens with one attached hydrogen (secondary N) is 2. The maximum Gasteiger partial charge on any atom is 0.224 e. The molecule has 4 nitrogen and oxygen atoms in total. The molecule has 0 saturated heterocycles. The first-order chi connectivity index (χ1) is 8.11. The third kappa shape index (κ3) is 5.36. The Hall–Kier alpha value is -1.55. The summed E-state index contributed by atoms with van der Waals surface area (Å²) in [5.74, 6) is 0.0732. The molecule has 0 aliphatic rings. The normalized spacial score (nSPS) is 10.4. The van der Waals surface area contributed by atoms with E-state index >= 15 is 0 Å². The van der Waals surface area contributed by atoms with Crippen molar-refractivity contribution in [2.24, 2.45) is 0 Å². The van der Waals surface area contributed by atoms with Crippen molar-refractivity contribution in [2.45, 2.75) is 6.42 Å². The summed E-state index contributed by atoms with van der Waals surface area (Å²) in [4.78, 5) is 13.6. The van der Waals surface area contributed by atoms with Crippen molar-refractivity contribution in [1.29, 1.82) is 0 Å². The number of hydrogen-bond acceptors (Lipinski definition) is 3. The Morgan fingerprint density at radius 1 is 1.24 bits per heavy atom. The van der Waals surface area contributed by atoms with Crippen molar-refractivity contribution in [1.82, 2.24) is 10.2 Å². The lowest BCUT2D eigenvalue weighted by atomic mass is 10.1. The van der Waals surface area contributed by atoms with Gasteiger partial charge in [0.25, 0.3) is 0 Å². The summed E-state index contributed by atoms with van der Waals surface area (Å²) in [5.41, 5.74) is 2.09. The summed E-state index contributed by atoms with van der Waals surface area (Å²) < 4.78 is 0. The Balaban J connectivity index is 2.34. The standard InChI is InChI=1S/C13H21N3O/c1-14-12-6-4-11(5-7-12)10-13(17)15-8-9-16(2)3/h4-7,14H,8-10H2,1-3H3,(H,15,17). The van der Waals surface area contributed by atoms with Gasteiger partial charge in [0.15, 0.2) is 0 Å². The van der Waals surface area contributed by atoms with Gasteiger partial charge in [-0.05, 0) is 31.8 Å². The second-order valence-corrected chi connectivity index (χ2v) is 4.28. The van der Waals surface area contributed by atoms with Gasteiger partial charge in [-0.15, -0.1) is 0 Å². The Kier molecular flexibility index (Phi) is 5.49. The summed E-state index contributed by atoms with van der Waals surface area (Å²) in [6.45, 7) is 1.56. The van der Waals surface area contributed by atoms with Crippen LogP contribution in [0.25, 0.3) is 0 Å². The fraction of sp³-hybridized carbons (Fsp3) is 0.462. The summed E-state index contributed by atoms with van der Waals surface area (Å²) in [6.07, 6.45) is 0.442. The fourth-order valence-corrected chi connectivity index (χ4v) is 1.46. The molecule has 1 rings (SSSR count). The number of nitrogens with zero attached hydrogens (tertiary/aromatic N) is 1. The topological polar surface area (TPSA) is 44.4 Å². The summed E-state index contributed by atoms with van der Waals surface area (Å²) >= 11 is 0. The van der Waals surface area contributed by atoms with Crippen molar-refractivity contribution in [3.8, 4) is 0 Å². The van der Waals surface area contributed by atoms with Crippen molar-refractivity contribution in [2.75, 3.05) is 39.5 Å². The van der Waals surface area contributed by atoms with E-state index in [1.165, 1.54) is 0 Å². The van der Waals surface area contributed by atoms with Crippen LogP contribution in [0, 0.1) is 0 Å². The second-order valence-electron chi connectivity index (χ2n) is 4.28. The van der Waals surface area contributed by atoms with Crippen molar-refractivity contribution in [3.05, 3.63) is 29.8 Å². The monoisotopic (exact) mass is 235 g/mol. The lowest BCUT2D eigenvalue weighted by Crippen LogP contribution is -2.32. The van der Waals surface area contributed by atoms with Crippen LogP contribution in [0.5, 0.6) is 0 Å². The Morgan fingerprint density at radius 2 is 1.88 bits per heavy atom. The lowest BCUT2D eigenvalue weighted by Gasteiger charge is -2.10. The van der Waals surface area contributed by atoms with Crippen LogP contribution in [0.15, 0.2) is 24.3 Å². The van der Waals surface area contributed by atoms with Crippen LogP contribution in [0.3, 0.4) is 0 Å². The summed E-state index contributed by atoms with van der Waals surface area (Å²) in [6, 6.07) is 7.89. The third-order valence-electron chi connectivity index (χ3n) is 2.49. The molecule has 0 aliphatic heterocycles. The first-order valence-corrected chi connectivity index (χ1v) is 5.80. The lowest BCUT2D eigenvalue weighted by molar-refractivity contribution is -0.120. The zero-order valence-electron chi connectivity index (χ0n) is 10.8. The maximum absolute atomic E-state index is 11.6. The van der Waals surface area contributed by atoms with E-state index < -0.39 is 0 Å². The van der Waals surface area contributed by atoms with Crippen LogP contribution in [0.2, 0.25) is 0 Å². The van der Waals surface area contributed by atoms with Gasteiger partial charge in [0, 0.05) is 25.8 Å². The van der Waals surface area contributed by atoms with Crippen LogP contribution in [-0.4, -0.2) is 45.0 Å². The van der Waals surface area contributed by atoms with Gasteiger partial charge in [-0.3, -0.25) is 4.79 Å². The van der Waals surface area contributed by atoms with Gasteiger partial charge in [0.1, 0.15) is 0 Å². The third-order valence-corrected chi connectivity index (χ3v) is 2.49. The van der Waals surface area contributed by atoms with E-state index in [0.717, 1.165) is 17.8 Å². The summed E-state index contributed by atoms with van der Waals surface area (Å²) in [5, 5.41) is 5.94. The Morgan fingerprint density at radius 3 is 2.41 bits per heavy atom. The molecule has 0 bridgehead atoms. The molecule has 0 radical (unpaired) electrons. The molecule has 0 aliphatic carbocycles. The van der Waals surface area contributed by atoms with Gasteiger partial charge in [0.05, 0.1) is 6.42 Å². The predicted molar refractivity (Wildman–Crippen MR) is 71.3 cm³/mol. The molecular formula is C13H21N3O. The van der Waals surface area contributed by atoms with Gasteiger partial charge in [-0.1, -0.05) is 12.1 Å². The van der Waals surface area contributed by atoms with E-state index in [9.17, 15) is 4.79 Å². The molecule has 1 aromatic rings. The van der Waals surface area contributed by atoms with Gasteiger partial charge in [-0.25, -0.2) is 0 Å². The maximum atomic E-state index is 11.6. The quantitative estimate of drug-likeness (QED) is 0.771. The van der Waals surface area contributed by atoms with Crippen molar-refractivity contribution < 1.29 is 4.79 Å². The number of carbonyl (C=O) groups excluding carboxylic acids is 1. The van der Waals surface area contributed by atoms with Crippen LogP contribution < -0.4 is 10.6 Å². The fourth-order valence-electron chi connectivity index (χ4n) is 1.46. The number of likely N-dealkylation sites (N-methyl/N-ethyl adjacent to an activating group) is 1.